The number of nitrogens with zero attached hydrogens (tertiary/aromatic N) is 4. The van der Waals surface area contributed by atoms with Crippen LogP contribution in [0.2, 0.25) is 5.02 Å². The zero-order valence-corrected chi connectivity index (χ0v) is 19.1. The van der Waals surface area contributed by atoms with Crippen LogP contribution in [0.4, 0.5) is 5.82 Å². The predicted octanol–water partition coefficient (Wildman–Crippen LogP) is 5.83. The number of aryl methyl sites for hydroxylation is 1. The van der Waals surface area contributed by atoms with E-state index in [4.69, 9.17) is 21.6 Å². The molecule has 1 aliphatic heterocycles. The minimum atomic E-state index is 0.347. The SMILES string of the molecule is Cc1ccc2nc(C=Cc3ccc(Cl)cc3)nc(NC3CCCCC3N3C=NCC3)c2c1. The van der Waals surface area contributed by atoms with E-state index in [9.17, 15) is 0 Å². The number of hydrogen-bond donors (Lipinski definition) is 1. The largest absolute Gasteiger partial charge is 0.365 e. The Kier molecular flexibility index (Phi) is 6.08. The summed E-state index contributed by atoms with van der Waals surface area (Å²) in [6.07, 6.45) is 10.9. The van der Waals surface area contributed by atoms with Crippen molar-refractivity contribution in [2.75, 3.05) is 18.4 Å². The Labute approximate surface area is 194 Å². The molecule has 2 unspecified atom stereocenters. The van der Waals surface area contributed by atoms with Crippen LogP contribution < -0.4 is 5.32 Å². The van der Waals surface area contributed by atoms with Gasteiger partial charge in [-0.05, 0) is 55.7 Å². The molecule has 2 heterocycles. The van der Waals surface area contributed by atoms with E-state index < -0.39 is 0 Å². The summed E-state index contributed by atoms with van der Waals surface area (Å²) in [5, 5.41) is 5.63. The molecule has 1 aromatic heterocycles. The molecule has 0 bridgehead atoms. The van der Waals surface area contributed by atoms with E-state index >= 15 is 0 Å². The second kappa shape index (κ2) is 9.29. The van der Waals surface area contributed by atoms with Crippen molar-refractivity contribution >= 4 is 46.8 Å². The summed E-state index contributed by atoms with van der Waals surface area (Å²) in [7, 11) is 0. The fourth-order valence-corrected chi connectivity index (χ4v) is 4.81. The van der Waals surface area contributed by atoms with Crippen molar-refractivity contribution in [1.29, 1.82) is 0 Å². The van der Waals surface area contributed by atoms with Gasteiger partial charge in [-0.2, -0.15) is 0 Å². The number of halogens is 1. The summed E-state index contributed by atoms with van der Waals surface area (Å²) < 4.78 is 0. The summed E-state index contributed by atoms with van der Waals surface area (Å²) in [5.74, 6) is 1.62. The predicted molar refractivity (Wildman–Crippen MR) is 134 cm³/mol. The molecule has 1 saturated carbocycles. The van der Waals surface area contributed by atoms with E-state index in [0.29, 0.717) is 17.9 Å². The second-order valence-electron chi connectivity index (χ2n) is 8.70. The highest BCUT2D eigenvalue weighted by molar-refractivity contribution is 6.30. The van der Waals surface area contributed by atoms with Gasteiger partial charge in [-0.15, -0.1) is 0 Å². The Morgan fingerprint density at radius 3 is 2.69 bits per heavy atom. The van der Waals surface area contributed by atoms with Gasteiger partial charge in [0.1, 0.15) is 5.82 Å². The molecule has 2 atom stereocenters. The van der Waals surface area contributed by atoms with Crippen molar-refractivity contribution in [3.8, 4) is 0 Å². The topological polar surface area (TPSA) is 53.4 Å². The van der Waals surface area contributed by atoms with Gasteiger partial charge in [0.05, 0.1) is 24.4 Å². The standard InChI is InChI=1S/C26H28ClN5/c1-18-6-12-22-21(16-18)26(30-23-4-2-3-5-24(23)32-15-14-28-17-32)31-25(29-22)13-9-19-7-10-20(27)11-8-19/h6-13,16-17,23-24H,2-5,14-15H2,1H3,(H,29,30,31). The molecule has 0 radical (unpaired) electrons. The molecule has 0 saturated heterocycles. The molecule has 1 N–H and O–H groups in total. The molecule has 1 fully saturated rings. The number of nitrogens with one attached hydrogen (secondary N) is 1. The first-order chi connectivity index (χ1) is 15.7. The molecular formula is C26H28ClN5. The number of fused-ring (bicyclic) bond motifs is 1. The van der Waals surface area contributed by atoms with Crippen LogP contribution in [0.3, 0.4) is 0 Å². The van der Waals surface area contributed by atoms with Crippen LogP contribution in [-0.4, -0.2) is 46.4 Å². The van der Waals surface area contributed by atoms with Gasteiger partial charge in [-0.1, -0.05) is 54.3 Å². The number of anilines is 1. The number of benzene rings is 2. The Morgan fingerprint density at radius 1 is 1.03 bits per heavy atom. The van der Waals surface area contributed by atoms with Crippen LogP contribution in [0.15, 0.2) is 47.5 Å². The number of hydrogen-bond acceptors (Lipinski definition) is 5. The van der Waals surface area contributed by atoms with Crippen LogP contribution in [0.25, 0.3) is 23.1 Å². The van der Waals surface area contributed by atoms with Crippen LogP contribution in [0.1, 0.15) is 42.6 Å². The van der Waals surface area contributed by atoms with Gasteiger partial charge >= 0.3 is 0 Å². The third-order valence-electron chi connectivity index (χ3n) is 6.36. The summed E-state index contributed by atoms with van der Waals surface area (Å²) >= 11 is 6.01. The van der Waals surface area contributed by atoms with E-state index in [1.807, 2.05) is 42.8 Å². The lowest BCUT2D eigenvalue weighted by Crippen LogP contribution is -2.47. The van der Waals surface area contributed by atoms with E-state index in [1.54, 1.807) is 0 Å². The lowest BCUT2D eigenvalue weighted by molar-refractivity contribution is 0.244. The molecular weight excluding hydrogens is 418 g/mol. The van der Waals surface area contributed by atoms with Gasteiger partial charge in [0, 0.05) is 23.0 Å². The van der Waals surface area contributed by atoms with Crippen molar-refractivity contribution in [2.45, 2.75) is 44.7 Å². The van der Waals surface area contributed by atoms with Crippen molar-refractivity contribution < 1.29 is 0 Å². The maximum absolute atomic E-state index is 6.01. The zero-order valence-electron chi connectivity index (χ0n) is 18.3. The molecule has 1 aliphatic carbocycles. The summed E-state index contributed by atoms with van der Waals surface area (Å²) in [5.41, 5.74) is 3.23. The fraction of sp³-hybridized carbons (Fsp3) is 0.346. The summed E-state index contributed by atoms with van der Waals surface area (Å²) in [4.78, 5) is 16.6. The van der Waals surface area contributed by atoms with Crippen molar-refractivity contribution in [1.82, 2.24) is 14.9 Å². The highest BCUT2D eigenvalue weighted by atomic mass is 35.5. The lowest BCUT2D eigenvalue weighted by Gasteiger charge is -2.38. The first-order valence-corrected chi connectivity index (χ1v) is 11.8. The molecule has 32 heavy (non-hydrogen) atoms. The number of aliphatic imine (C=N–C) groups is 1. The van der Waals surface area contributed by atoms with Crippen LogP contribution in [-0.2, 0) is 0 Å². The molecule has 164 valence electrons. The van der Waals surface area contributed by atoms with Crippen molar-refractivity contribution in [3.63, 3.8) is 0 Å². The summed E-state index contributed by atoms with van der Waals surface area (Å²) in [6.45, 7) is 4.03. The Balaban J connectivity index is 1.48. The van der Waals surface area contributed by atoms with Crippen LogP contribution >= 0.6 is 11.6 Å². The average molecular weight is 446 g/mol. The Hall–Kier alpha value is -2.92. The number of rotatable bonds is 5. The lowest BCUT2D eigenvalue weighted by atomic mass is 9.89. The molecule has 2 aromatic carbocycles. The van der Waals surface area contributed by atoms with E-state index in [2.05, 4.69) is 40.3 Å². The first-order valence-electron chi connectivity index (χ1n) is 11.4. The fourth-order valence-electron chi connectivity index (χ4n) is 4.69. The van der Waals surface area contributed by atoms with Crippen molar-refractivity contribution in [2.24, 2.45) is 4.99 Å². The second-order valence-corrected chi connectivity index (χ2v) is 9.13. The van der Waals surface area contributed by atoms with Gasteiger partial charge in [-0.3, -0.25) is 4.99 Å². The monoisotopic (exact) mass is 445 g/mol. The molecule has 0 amide bonds. The first kappa shape index (κ1) is 21.0. The van der Waals surface area contributed by atoms with Gasteiger partial charge in [0.15, 0.2) is 5.82 Å². The molecule has 5 rings (SSSR count). The van der Waals surface area contributed by atoms with E-state index in [1.165, 1.54) is 24.8 Å². The van der Waals surface area contributed by atoms with Gasteiger partial charge < -0.3 is 10.2 Å². The third-order valence-corrected chi connectivity index (χ3v) is 6.61. The average Bonchev–Trinajstić information content (AvgIpc) is 3.34. The highest BCUT2D eigenvalue weighted by Crippen LogP contribution is 2.29. The molecule has 6 heteroatoms. The smallest absolute Gasteiger partial charge is 0.154 e. The Morgan fingerprint density at radius 2 is 1.88 bits per heavy atom. The van der Waals surface area contributed by atoms with Gasteiger partial charge in [0.2, 0.25) is 0 Å². The van der Waals surface area contributed by atoms with Crippen molar-refractivity contribution in [3.05, 3.63) is 64.4 Å². The third kappa shape index (κ3) is 4.63. The van der Waals surface area contributed by atoms with E-state index in [-0.39, 0.29) is 0 Å². The normalized spacial score (nSPS) is 21.0. The highest BCUT2D eigenvalue weighted by Gasteiger charge is 2.30. The quantitative estimate of drug-likeness (QED) is 0.536. The minimum Gasteiger partial charge on any atom is -0.365 e. The molecule has 3 aromatic rings. The molecule has 5 nitrogen and oxygen atoms in total. The maximum atomic E-state index is 6.01. The molecule has 2 aliphatic rings. The van der Waals surface area contributed by atoms with Gasteiger partial charge in [-0.25, -0.2) is 9.97 Å². The van der Waals surface area contributed by atoms with E-state index in [0.717, 1.165) is 46.8 Å². The van der Waals surface area contributed by atoms with Crippen LogP contribution in [0.5, 0.6) is 0 Å². The minimum absolute atomic E-state index is 0.347. The van der Waals surface area contributed by atoms with Crippen LogP contribution in [0, 0.1) is 6.92 Å². The number of aromatic nitrogens is 2. The maximum Gasteiger partial charge on any atom is 0.154 e. The Bertz CT molecular complexity index is 1150. The zero-order chi connectivity index (χ0) is 21.9. The summed E-state index contributed by atoms with van der Waals surface area (Å²) in [6, 6.07) is 14.9. The van der Waals surface area contributed by atoms with Gasteiger partial charge in [0.25, 0.3) is 0 Å². The molecule has 0 spiro atoms.